The summed E-state index contributed by atoms with van der Waals surface area (Å²) in [4.78, 5) is 15.4. The van der Waals surface area contributed by atoms with Crippen LogP contribution in [0.2, 0.25) is 10.3 Å². The maximum absolute atomic E-state index is 11.6. The van der Waals surface area contributed by atoms with Crippen molar-refractivity contribution in [2.24, 2.45) is 0 Å². The minimum Gasteiger partial charge on any atom is -0.326 e. The summed E-state index contributed by atoms with van der Waals surface area (Å²) in [7, 11) is 0. The molecule has 0 fully saturated rings. The lowest BCUT2D eigenvalue weighted by Crippen LogP contribution is -2.11. The zero-order chi connectivity index (χ0) is 12.7. The van der Waals surface area contributed by atoms with Crippen LogP contribution in [0, 0.1) is 0 Å². The maximum atomic E-state index is 11.6. The Hall–Kier alpha value is -0.800. The van der Waals surface area contributed by atoms with Gasteiger partial charge in [0.1, 0.15) is 10.3 Å². The van der Waals surface area contributed by atoms with E-state index in [1.807, 2.05) is 0 Å². The third-order valence-corrected chi connectivity index (χ3v) is 2.69. The van der Waals surface area contributed by atoms with Crippen LogP contribution in [-0.2, 0) is 4.79 Å². The van der Waals surface area contributed by atoms with Crippen LogP contribution in [0.15, 0.2) is 12.1 Å². The quantitative estimate of drug-likeness (QED) is 0.621. The highest BCUT2D eigenvalue weighted by molar-refractivity contribution is 6.32. The van der Waals surface area contributed by atoms with Gasteiger partial charge >= 0.3 is 0 Å². The van der Waals surface area contributed by atoms with E-state index < -0.39 is 0 Å². The highest BCUT2D eigenvalue weighted by Crippen LogP contribution is 2.18. The lowest BCUT2D eigenvalue weighted by molar-refractivity contribution is -0.116. The third-order valence-electron chi connectivity index (χ3n) is 2.30. The summed E-state index contributed by atoms with van der Waals surface area (Å²) in [5.41, 5.74) is 0.593. The second-order valence-corrected chi connectivity index (χ2v) is 4.63. The molecule has 0 aromatic carbocycles. The van der Waals surface area contributed by atoms with Crippen molar-refractivity contribution in [3.05, 3.63) is 22.4 Å². The smallest absolute Gasteiger partial charge is 0.224 e. The molecule has 0 unspecified atom stereocenters. The number of pyridine rings is 1. The number of rotatable bonds is 6. The molecule has 0 aliphatic rings. The zero-order valence-corrected chi connectivity index (χ0v) is 11.3. The van der Waals surface area contributed by atoms with Gasteiger partial charge in [-0.15, -0.1) is 0 Å². The number of nitrogens with zero attached hydrogens (tertiary/aromatic N) is 1. The number of halogens is 2. The van der Waals surface area contributed by atoms with Crippen LogP contribution in [0.25, 0.3) is 0 Å². The summed E-state index contributed by atoms with van der Waals surface area (Å²) in [6.07, 6.45) is 4.85. The molecule has 0 aliphatic heterocycles. The molecule has 1 N–H and O–H groups in total. The molecule has 1 rings (SSSR count). The van der Waals surface area contributed by atoms with Gasteiger partial charge in [-0.2, -0.15) is 0 Å². The van der Waals surface area contributed by atoms with Crippen molar-refractivity contribution in [1.29, 1.82) is 0 Å². The molecule has 0 saturated carbocycles. The predicted octanol–water partition coefficient (Wildman–Crippen LogP) is 4.30. The van der Waals surface area contributed by atoms with Gasteiger partial charge in [0.25, 0.3) is 0 Å². The van der Waals surface area contributed by atoms with E-state index in [1.54, 1.807) is 12.1 Å². The van der Waals surface area contributed by atoms with Crippen molar-refractivity contribution in [2.45, 2.75) is 39.0 Å². The van der Waals surface area contributed by atoms with Crippen molar-refractivity contribution in [3.8, 4) is 0 Å². The van der Waals surface area contributed by atoms with Gasteiger partial charge in [-0.25, -0.2) is 4.98 Å². The van der Waals surface area contributed by atoms with E-state index in [4.69, 9.17) is 23.2 Å². The standard InChI is InChI=1S/C12H16Cl2N2O/c1-2-3-4-5-6-12(17)15-9-7-10(13)16-11(14)8-9/h7-8H,2-6H2,1H3,(H,15,16,17). The molecule has 0 saturated heterocycles. The van der Waals surface area contributed by atoms with Gasteiger partial charge in [0.05, 0.1) is 0 Å². The van der Waals surface area contributed by atoms with Crippen LogP contribution in [0.4, 0.5) is 5.69 Å². The van der Waals surface area contributed by atoms with Crippen LogP contribution in [0.3, 0.4) is 0 Å². The highest BCUT2D eigenvalue weighted by Gasteiger charge is 2.04. The predicted molar refractivity (Wildman–Crippen MR) is 71.6 cm³/mol. The SMILES string of the molecule is CCCCCCC(=O)Nc1cc(Cl)nc(Cl)c1. The first-order valence-electron chi connectivity index (χ1n) is 5.74. The fourth-order valence-corrected chi connectivity index (χ4v) is 1.93. The first-order valence-corrected chi connectivity index (χ1v) is 6.50. The minimum absolute atomic E-state index is 0.0144. The number of anilines is 1. The fourth-order valence-electron chi connectivity index (χ4n) is 1.47. The fraction of sp³-hybridized carbons (Fsp3) is 0.500. The lowest BCUT2D eigenvalue weighted by Gasteiger charge is -2.05. The average molecular weight is 275 g/mol. The average Bonchev–Trinajstić information content (AvgIpc) is 2.23. The van der Waals surface area contributed by atoms with Gasteiger partial charge in [0.2, 0.25) is 5.91 Å². The molecule has 1 aromatic rings. The Morgan fingerprint density at radius 3 is 2.47 bits per heavy atom. The first kappa shape index (κ1) is 14.3. The molecule has 0 aliphatic carbocycles. The Balaban J connectivity index is 2.39. The number of hydrogen-bond donors (Lipinski definition) is 1. The maximum Gasteiger partial charge on any atom is 0.224 e. The van der Waals surface area contributed by atoms with E-state index in [1.165, 1.54) is 6.42 Å². The summed E-state index contributed by atoms with van der Waals surface area (Å²) in [6, 6.07) is 3.16. The molecule has 1 heterocycles. The van der Waals surface area contributed by atoms with E-state index in [0.717, 1.165) is 19.3 Å². The molecule has 1 amide bonds. The Kier molecular flexibility index (Phi) is 6.30. The summed E-state index contributed by atoms with van der Waals surface area (Å²) in [5.74, 6) is -0.0144. The van der Waals surface area contributed by atoms with E-state index in [9.17, 15) is 4.79 Å². The summed E-state index contributed by atoms with van der Waals surface area (Å²) < 4.78 is 0. The van der Waals surface area contributed by atoms with Crippen LogP contribution >= 0.6 is 23.2 Å². The molecule has 1 aromatic heterocycles. The van der Waals surface area contributed by atoms with Crippen LogP contribution in [-0.4, -0.2) is 10.9 Å². The Bertz CT molecular complexity index is 363. The monoisotopic (exact) mass is 274 g/mol. The van der Waals surface area contributed by atoms with Crippen LogP contribution in [0.1, 0.15) is 39.0 Å². The number of carbonyl (C=O) groups is 1. The number of carbonyl (C=O) groups excluding carboxylic acids is 1. The zero-order valence-electron chi connectivity index (χ0n) is 9.80. The molecular weight excluding hydrogens is 259 g/mol. The van der Waals surface area contributed by atoms with Gasteiger partial charge in [0.15, 0.2) is 0 Å². The summed E-state index contributed by atoms with van der Waals surface area (Å²) >= 11 is 11.5. The van der Waals surface area contributed by atoms with E-state index >= 15 is 0 Å². The molecule has 0 bridgehead atoms. The first-order chi connectivity index (χ1) is 8.11. The Labute approximate surface area is 112 Å². The number of aromatic nitrogens is 1. The minimum atomic E-state index is -0.0144. The largest absolute Gasteiger partial charge is 0.326 e. The van der Waals surface area contributed by atoms with Crippen LogP contribution in [0.5, 0.6) is 0 Å². The van der Waals surface area contributed by atoms with Crippen molar-refractivity contribution in [3.63, 3.8) is 0 Å². The van der Waals surface area contributed by atoms with Crippen molar-refractivity contribution < 1.29 is 4.79 Å². The molecule has 0 radical (unpaired) electrons. The van der Waals surface area contributed by atoms with Crippen molar-refractivity contribution in [1.82, 2.24) is 4.98 Å². The highest BCUT2D eigenvalue weighted by atomic mass is 35.5. The summed E-state index contributed by atoms with van der Waals surface area (Å²) in [5, 5.41) is 3.31. The van der Waals surface area contributed by atoms with Gasteiger partial charge in [-0.05, 0) is 18.6 Å². The topological polar surface area (TPSA) is 42.0 Å². The third kappa shape index (κ3) is 5.89. The number of unbranched alkanes of at least 4 members (excludes halogenated alkanes) is 3. The molecule has 0 spiro atoms. The Morgan fingerprint density at radius 1 is 1.24 bits per heavy atom. The normalized spacial score (nSPS) is 10.3. The van der Waals surface area contributed by atoms with E-state index in [0.29, 0.717) is 12.1 Å². The second-order valence-electron chi connectivity index (χ2n) is 3.86. The number of hydrogen-bond acceptors (Lipinski definition) is 2. The molecule has 17 heavy (non-hydrogen) atoms. The molecular formula is C12H16Cl2N2O. The Morgan fingerprint density at radius 2 is 1.88 bits per heavy atom. The van der Waals surface area contributed by atoms with E-state index in [-0.39, 0.29) is 16.2 Å². The van der Waals surface area contributed by atoms with Gasteiger partial charge in [-0.1, -0.05) is 49.4 Å². The van der Waals surface area contributed by atoms with Crippen LogP contribution < -0.4 is 5.32 Å². The molecule has 3 nitrogen and oxygen atoms in total. The van der Waals surface area contributed by atoms with Gasteiger partial charge < -0.3 is 5.32 Å². The van der Waals surface area contributed by atoms with Gasteiger partial charge in [-0.3, -0.25) is 4.79 Å². The van der Waals surface area contributed by atoms with E-state index in [2.05, 4.69) is 17.2 Å². The van der Waals surface area contributed by atoms with Crippen molar-refractivity contribution >= 4 is 34.8 Å². The molecule has 94 valence electrons. The number of amides is 1. The van der Waals surface area contributed by atoms with Gasteiger partial charge in [0, 0.05) is 12.1 Å². The van der Waals surface area contributed by atoms with Crippen molar-refractivity contribution in [2.75, 3.05) is 5.32 Å². The number of nitrogens with one attached hydrogen (secondary N) is 1. The lowest BCUT2D eigenvalue weighted by atomic mass is 10.1. The molecule has 0 atom stereocenters. The second kappa shape index (κ2) is 7.51. The molecule has 5 heteroatoms. The summed E-state index contributed by atoms with van der Waals surface area (Å²) in [6.45, 7) is 2.14.